The first kappa shape index (κ1) is 29.8. The molecule has 0 saturated heterocycles. The second-order valence-corrected chi connectivity index (χ2v) is 9.05. The molecular formula is C24H32N6O8. The minimum atomic E-state index is -1.74. The van der Waals surface area contributed by atoms with Crippen LogP contribution in [0.3, 0.4) is 0 Å². The SMILES string of the molecule is CC(C)C(NC(=O)C(N)Cc1cnc[nH]1)C(=O)NC(Cc1ccc(O)cc1)C(=O)NC(CC(=O)O)C(=O)O. The van der Waals surface area contributed by atoms with Crippen LogP contribution in [0.2, 0.25) is 0 Å². The number of carbonyl (C=O) groups is 5. The number of H-pyrrole nitrogens is 1. The largest absolute Gasteiger partial charge is 0.508 e. The summed E-state index contributed by atoms with van der Waals surface area (Å²) in [6.07, 6.45) is 2.11. The zero-order valence-electron chi connectivity index (χ0n) is 20.9. The van der Waals surface area contributed by atoms with Gasteiger partial charge in [-0.3, -0.25) is 19.2 Å². The van der Waals surface area contributed by atoms with E-state index in [0.717, 1.165) is 0 Å². The van der Waals surface area contributed by atoms with Crippen molar-refractivity contribution < 1.29 is 39.3 Å². The van der Waals surface area contributed by atoms with Crippen LogP contribution in [0.5, 0.6) is 5.75 Å². The number of aliphatic carboxylic acids is 2. The zero-order chi connectivity index (χ0) is 28.4. The number of phenolic OH excluding ortho intramolecular Hbond substituents is 1. The summed E-state index contributed by atoms with van der Waals surface area (Å²) in [6.45, 7) is 3.35. The summed E-state index contributed by atoms with van der Waals surface area (Å²) in [5.41, 5.74) is 7.10. The van der Waals surface area contributed by atoms with Crippen molar-refractivity contribution in [3.8, 4) is 5.75 Å². The Balaban J connectivity index is 2.20. The summed E-state index contributed by atoms with van der Waals surface area (Å²) in [5, 5.41) is 35.0. The molecule has 14 nitrogen and oxygen atoms in total. The molecule has 0 bridgehead atoms. The minimum absolute atomic E-state index is 0.0276. The molecule has 0 aliphatic rings. The number of amides is 3. The fourth-order valence-corrected chi connectivity index (χ4v) is 3.51. The molecule has 1 aromatic carbocycles. The van der Waals surface area contributed by atoms with Crippen molar-refractivity contribution in [2.75, 3.05) is 0 Å². The van der Waals surface area contributed by atoms with Crippen LogP contribution in [0.15, 0.2) is 36.8 Å². The molecule has 206 valence electrons. The third kappa shape index (κ3) is 9.20. The van der Waals surface area contributed by atoms with Crippen LogP contribution in [0.1, 0.15) is 31.5 Å². The molecule has 2 rings (SSSR count). The third-order valence-electron chi connectivity index (χ3n) is 5.58. The number of carboxylic acids is 2. The van der Waals surface area contributed by atoms with Crippen LogP contribution >= 0.6 is 0 Å². The van der Waals surface area contributed by atoms with Crippen molar-refractivity contribution in [3.05, 3.63) is 48.0 Å². The number of hydrogen-bond donors (Lipinski definition) is 8. The van der Waals surface area contributed by atoms with Crippen molar-refractivity contribution >= 4 is 29.7 Å². The normalized spacial score (nSPS) is 14.1. The van der Waals surface area contributed by atoms with Gasteiger partial charge in [-0.25, -0.2) is 9.78 Å². The van der Waals surface area contributed by atoms with Crippen molar-refractivity contribution in [1.29, 1.82) is 0 Å². The highest BCUT2D eigenvalue weighted by atomic mass is 16.4. The van der Waals surface area contributed by atoms with Gasteiger partial charge in [-0.05, 0) is 23.6 Å². The fourth-order valence-electron chi connectivity index (χ4n) is 3.51. The van der Waals surface area contributed by atoms with Gasteiger partial charge in [0.1, 0.15) is 23.9 Å². The molecule has 0 spiro atoms. The molecule has 3 amide bonds. The maximum Gasteiger partial charge on any atom is 0.326 e. The van der Waals surface area contributed by atoms with Gasteiger partial charge in [0.05, 0.1) is 18.8 Å². The molecule has 2 aromatic rings. The van der Waals surface area contributed by atoms with E-state index in [1.165, 1.54) is 36.8 Å². The van der Waals surface area contributed by atoms with Gasteiger partial charge in [0.25, 0.3) is 0 Å². The highest BCUT2D eigenvalue weighted by molar-refractivity contribution is 5.95. The Morgan fingerprint density at radius 2 is 1.55 bits per heavy atom. The van der Waals surface area contributed by atoms with E-state index in [-0.39, 0.29) is 18.6 Å². The highest BCUT2D eigenvalue weighted by Crippen LogP contribution is 2.13. The molecule has 1 heterocycles. The number of nitrogens with zero attached hydrogens (tertiary/aromatic N) is 1. The molecule has 4 atom stereocenters. The fraction of sp³-hybridized carbons (Fsp3) is 0.417. The molecule has 9 N–H and O–H groups in total. The lowest BCUT2D eigenvalue weighted by Crippen LogP contribution is -2.59. The highest BCUT2D eigenvalue weighted by Gasteiger charge is 2.32. The van der Waals surface area contributed by atoms with E-state index in [0.29, 0.717) is 11.3 Å². The van der Waals surface area contributed by atoms with Gasteiger partial charge >= 0.3 is 11.9 Å². The van der Waals surface area contributed by atoms with Gasteiger partial charge in [0.2, 0.25) is 17.7 Å². The van der Waals surface area contributed by atoms with Crippen molar-refractivity contribution in [2.45, 2.75) is 57.3 Å². The summed E-state index contributed by atoms with van der Waals surface area (Å²) in [6, 6.07) is 0.588. The number of nitrogens with two attached hydrogens (primary N) is 1. The molecule has 0 aliphatic carbocycles. The van der Waals surface area contributed by atoms with Crippen LogP contribution < -0.4 is 21.7 Å². The number of aromatic amines is 1. The van der Waals surface area contributed by atoms with Gasteiger partial charge in [-0.2, -0.15) is 0 Å². The molecule has 14 heteroatoms. The van der Waals surface area contributed by atoms with E-state index in [1.54, 1.807) is 13.8 Å². The maximum atomic E-state index is 13.2. The molecule has 0 saturated carbocycles. The smallest absolute Gasteiger partial charge is 0.326 e. The summed E-state index contributed by atoms with van der Waals surface area (Å²) >= 11 is 0. The second kappa shape index (κ2) is 13.7. The van der Waals surface area contributed by atoms with E-state index >= 15 is 0 Å². The van der Waals surface area contributed by atoms with Crippen LogP contribution in [0, 0.1) is 5.92 Å². The van der Waals surface area contributed by atoms with Crippen molar-refractivity contribution in [3.63, 3.8) is 0 Å². The van der Waals surface area contributed by atoms with E-state index in [9.17, 15) is 34.2 Å². The first-order valence-corrected chi connectivity index (χ1v) is 11.7. The van der Waals surface area contributed by atoms with Crippen molar-refractivity contribution in [1.82, 2.24) is 25.9 Å². The van der Waals surface area contributed by atoms with Gasteiger partial charge in [-0.1, -0.05) is 26.0 Å². The molecular weight excluding hydrogens is 500 g/mol. The lowest BCUT2D eigenvalue weighted by atomic mass is 10.00. The second-order valence-electron chi connectivity index (χ2n) is 9.05. The molecule has 1 aromatic heterocycles. The Morgan fingerprint density at radius 3 is 2.08 bits per heavy atom. The summed E-state index contributed by atoms with van der Waals surface area (Å²) < 4.78 is 0. The van der Waals surface area contributed by atoms with Gasteiger partial charge in [-0.15, -0.1) is 0 Å². The number of aromatic hydroxyl groups is 1. The van der Waals surface area contributed by atoms with E-state index < -0.39 is 66.2 Å². The predicted octanol–water partition coefficient (Wildman–Crippen LogP) is -1.10. The first-order valence-electron chi connectivity index (χ1n) is 11.7. The average Bonchev–Trinajstić information content (AvgIpc) is 3.35. The van der Waals surface area contributed by atoms with Crippen LogP contribution in [0.4, 0.5) is 0 Å². The van der Waals surface area contributed by atoms with E-state index in [2.05, 4.69) is 25.9 Å². The average molecular weight is 533 g/mol. The number of benzene rings is 1. The number of imidazole rings is 1. The Bertz CT molecular complexity index is 1120. The third-order valence-corrected chi connectivity index (χ3v) is 5.58. The lowest BCUT2D eigenvalue weighted by Gasteiger charge is -2.27. The predicted molar refractivity (Wildman–Crippen MR) is 133 cm³/mol. The summed E-state index contributed by atoms with van der Waals surface area (Å²) in [5.74, 6) is -5.73. The molecule has 0 fully saturated rings. The number of carbonyl (C=O) groups excluding carboxylic acids is 3. The van der Waals surface area contributed by atoms with Gasteiger partial charge in [0.15, 0.2) is 0 Å². The topological polar surface area (TPSA) is 237 Å². The first-order chi connectivity index (χ1) is 17.9. The Labute approximate surface area is 218 Å². The number of nitrogens with one attached hydrogen (secondary N) is 4. The molecule has 0 aliphatic heterocycles. The lowest BCUT2D eigenvalue weighted by molar-refractivity contribution is -0.147. The zero-order valence-corrected chi connectivity index (χ0v) is 20.9. The molecule has 4 unspecified atom stereocenters. The quantitative estimate of drug-likeness (QED) is 0.146. The summed E-state index contributed by atoms with van der Waals surface area (Å²) in [4.78, 5) is 68.0. The maximum absolute atomic E-state index is 13.2. The number of phenols is 1. The molecule has 0 radical (unpaired) electrons. The number of rotatable bonds is 14. The monoisotopic (exact) mass is 532 g/mol. The van der Waals surface area contributed by atoms with Crippen LogP contribution in [0.25, 0.3) is 0 Å². The van der Waals surface area contributed by atoms with E-state index in [1.807, 2.05) is 0 Å². The van der Waals surface area contributed by atoms with Gasteiger partial charge in [0, 0.05) is 24.7 Å². The van der Waals surface area contributed by atoms with Crippen molar-refractivity contribution in [2.24, 2.45) is 11.7 Å². The Kier molecular flexibility index (Phi) is 10.8. The van der Waals surface area contributed by atoms with Gasteiger partial charge < -0.3 is 42.0 Å². The molecule has 38 heavy (non-hydrogen) atoms. The summed E-state index contributed by atoms with van der Waals surface area (Å²) in [7, 11) is 0. The van der Waals surface area contributed by atoms with E-state index in [4.69, 9.17) is 10.8 Å². The van der Waals surface area contributed by atoms with Crippen LogP contribution in [-0.4, -0.2) is 79.1 Å². The standard InChI is InChI=1S/C24H32N6O8/c1-12(2)20(30-21(34)16(25)8-14-10-26-11-27-14)23(36)28-17(7-13-3-5-15(31)6-4-13)22(35)29-18(24(37)38)9-19(32)33/h3-6,10-12,16-18,20,31H,7-9,25H2,1-2H3,(H,26,27)(H,28,36)(H,29,35)(H,30,34)(H,32,33)(H,37,38). The Morgan fingerprint density at radius 1 is 0.921 bits per heavy atom. The Hall–Kier alpha value is -4.46. The van der Waals surface area contributed by atoms with Crippen LogP contribution in [-0.2, 0) is 36.8 Å². The number of carboxylic acid groups (broad SMARTS) is 2. The number of hydrogen-bond acceptors (Lipinski definition) is 8. The minimum Gasteiger partial charge on any atom is -0.508 e. The number of aromatic nitrogens is 2.